The number of hydrogen-bond donors (Lipinski definition) is 0. The van der Waals surface area contributed by atoms with E-state index in [2.05, 4.69) is 16.1 Å². The summed E-state index contributed by atoms with van der Waals surface area (Å²) in [5, 5.41) is 4.50. The van der Waals surface area contributed by atoms with E-state index in [0.717, 1.165) is 22.2 Å². The van der Waals surface area contributed by atoms with Gasteiger partial charge in [-0.1, -0.05) is 36.4 Å². The van der Waals surface area contributed by atoms with Gasteiger partial charge in [0.15, 0.2) is 6.20 Å². The van der Waals surface area contributed by atoms with Crippen molar-refractivity contribution in [2.24, 2.45) is 7.05 Å². The molecule has 3 aromatic carbocycles. The molecule has 3 heterocycles. The van der Waals surface area contributed by atoms with E-state index < -0.39 is 6.42 Å². The molecule has 0 unspecified atom stereocenters. The van der Waals surface area contributed by atoms with Crippen molar-refractivity contribution in [2.45, 2.75) is 0 Å². The van der Waals surface area contributed by atoms with Crippen LogP contribution in [0.3, 0.4) is 0 Å². The molecule has 6 rings (SSSR count). The average Bonchev–Trinajstić information content (AvgIpc) is 3.66. The Morgan fingerprint density at radius 2 is 1.41 bits per heavy atom. The monoisotopic (exact) mass is 697 g/mol. The van der Waals surface area contributed by atoms with Crippen molar-refractivity contribution in [2.75, 3.05) is 0 Å². The molecule has 197 valence electrons. The standard InChI is InChI=1S/C19H17BF2N4.C11H8N.Ir/c1-24-13-14-25(15-24)20(26-12-2-11-23-26,16-3-7-18(21)8-4-16)17-5-9-19(22)10-6-17;1-2-6-10(7-3-1)11-8-4-5-9-12-11;/h2-15H,1H3;1-6,8-9H;/q;-1;. The van der Waals surface area contributed by atoms with E-state index in [4.69, 9.17) is 0 Å². The molecule has 39 heavy (non-hydrogen) atoms. The van der Waals surface area contributed by atoms with E-state index in [-0.39, 0.29) is 31.7 Å². The van der Waals surface area contributed by atoms with Crippen LogP contribution >= 0.6 is 0 Å². The third kappa shape index (κ3) is 5.95. The van der Waals surface area contributed by atoms with Gasteiger partial charge in [-0.15, -0.1) is 35.9 Å². The Bertz CT molecular complexity index is 1490. The van der Waals surface area contributed by atoms with Crippen LogP contribution in [0.1, 0.15) is 0 Å². The summed E-state index contributed by atoms with van der Waals surface area (Å²) >= 11 is 0. The van der Waals surface area contributed by atoms with Crippen LogP contribution in [-0.2, 0) is 27.2 Å². The van der Waals surface area contributed by atoms with Gasteiger partial charge in [0.2, 0.25) is 0 Å². The molecule has 0 atom stereocenters. The van der Waals surface area contributed by atoms with Gasteiger partial charge in [-0.05, 0) is 48.3 Å². The fraction of sp³-hybridized carbons (Fsp3) is 0.0333. The van der Waals surface area contributed by atoms with Gasteiger partial charge in [-0.25, -0.2) is 18.4 Å². The molecule has 9 heteroatoms. The zero-order chi connectivity index (χ0) is 26.4. The summed E-state index contributed by atoms with van der Waals surface area (Å²) in [7, 11) is 1.93. The van der Waals surface area contributed by atoms with Crippen LogP contribution in [0.25, 0.3) is 11.3 Å². The van der Waals surface area contributed by atoms with Gasteiger partial charge in [0.1, 0.15) is 24.2 Å². The first kappa shape index (κ1) is 27.8. The molecule has 0 aliphatic carbocycles. The van der Waals surface area contributed by atoms with Crippen molar-refractivity contribution in [3.05, 3.63) is 152 Å². The van der Waals surface area contributed by atoms with Gasteiger partial charge < -0.3 is 14.1 Å². The molecule has 6 aromatic rings. The largest absolute Gasteiger partial charge is 0.412 e. The van der Waals surface area contributed by atoms with Crippen LogP contribution in [0.2, 0.25) is 0 Å². The summed E-state index contributed by atoms with van der Waals surface area (Å²) in [5.41, 5.74) is 3.73. The van der Waals surface area contributed by atoms with Crippen LogP contribution in [0.5, 0.6) is 0 Å². The smallest absolute Gasteiger partial charge is 0.291 e. The minimum absolute atomic E-state index is 0. The Kier molecular flexibility index (Phi) is 8.97. The number of aryl methyl sites for hydroxylation is 1. The van der Waals surface area contributed by atoms with Crippen LogP contribution in [-0.4, -0.2) is 30.1 Å². The average molecular weight is 697 g/mol. The summed E-state index contributed by atoms with van der Waals surface area (Å²) in [5.74, 6) is -0.618. The van der Waals surface area contributed by atoms with E-state index in [1.807, 2.05) is 94.1 Å². The van der Waals surface area contributed by atoms with Crippen molar-refractivity contribution >= 4 is 17.3 Å². The zero-order valence-corrected chi connectivity index (χ0v) is 23.5. The fourth-order valence-corrected chi connectivity index (χ4v) is 4.71. The minimum Gasteiger partial charge on any atom is -0.412 e. The molecule has 0 aliphatic rings. The molecule has 0 N–H and O–H groups in total. The zero-order valence-electron chi connectivity index (χ0n) is 21.1. The summed E-state index contributed by atoms with van der Waals surface area (Å²) in [6.07, 6.45) is 9.34. The maximum Gasteiger partial charge on any atom is 0.291 e. The first-order valence-corrected chi connectivity index (χ1v) is 12.2. The first-order valence-electron chi connectivity index (χ1n) is 12.2. The van der Waals surface area contributed by atoms with Crippen LogP contribution in [0.4, 0.5) is 8.78 Å². The topological polar surface area (TPSA) is 40.6 Å². The van der Waals surface area contributed by atoms with Crippen molar-refractivity contribution in [3.63, 3.8) is 0 Å². The van der Waals surface area contributed by atoms with E-state index in [1.54, 1.807) is 36.7 Å². The molecule has 0 amide bonds. The van der Waals surface area contributed by atoms with E-state index >= 15 is 0 Å². The molecule has 0 saturated heterocycles. The van der Waals surface area contributed by atoms with Gasteiger partial charge in [-0.3, -0.25) is 0 Å². The fourth-order valence-electron chi connectivity index (χ4n) is 4.71. The van der Waals surface area contributed by atoms with E-state index in [0.29, 0.717) is 0 Å². The van der Waals surface area contributed by atoms with Crippen molar-refractivity contribution < 1.29 is 28.9 Å². The summed E-state index contributed by atoms with van der Waals surface area (Å²) in [4.78, 5) is 4.22. The predicted molar refractivity (Wildman–Crippen MR) is 147 cm³/mol. The number of halogens is 2. The number of imidazole rings is 1. The van der Waals surface area contributed by atoms with Gasteiger partial charge in [0, 0.05) is 39.5 Å². The Hall–Kier alpha value is -4.20. The number of hydrogen-bond acceptors (Lipinski definition) is 2. The summed E-state index contributed by atoms with van der Waals surface area (Å²) in [6.45, 7) is 0. The molecule has 0 bridgehead atoms. The molecule has 0 spiro atoms. The van der Waals surface area contributed by atoms with Crippen molar-refractivity contribution in [1.82, 2.24) is 23.7 Å². The maximum atomic E-state index is 13.6. The molecule has 3 aromatic heterocycles. The Balaban J connectivity index is 0.000000228. The third-order valence-electron chi connectivity index (χ3n) is 6.45. The van der Waals surface area contributed by atoms with Gasteiger partial charge >= 0.3 is 0 Å². The van der Waals surface area contributed by atoms with Crippen LogP contribution in [0.15, 0.2) is 134 Å². The summed E-state index contributed by atoms with van der Waals surface area (Å²) < 4.78 is 33.0. The van der Waals surface area contributed by atoms with Gasteiger partial charge in [0.25, 0.3) is 6.42 Å². The van der Waals surface area contributed by atoms with Crippen LogP contribution in [0, 0.1) is 17.7 Å². The second-order valence-electron chi connectivity index (χ2n) is 8.88. The normalized spacial score (nSPS) is 10.7. The second-order valence-corrected chi connectivity index (χ2v) is 8.88. The van der Waals surface area contributed by atoms with Gasteiger partial charge in [0.05, 0.1) is 0 Å². The number of rotatable bonds is 5. The number of benzene rings is 3. The molecular formula is C30H25BF2IrN5-. The van der Waals surface area contributed by atoms with Crippen molar-refractivity contribution in [1.29, 1.82) is 0 Å². The van der Waals surface area contributed by atoms with E-state index in [1.165, 1.54) is 24.3 Å². The van der Waals surface area contributed by atoms with Crippen LogP contribution < -0.4 is 10.9 Å². The number of pyridine rings is 1. The number of nitrogens with zero attached hydrogens (tertiary/aromatic N) is 5. The Morgan fingerprint density at radius 3 is 1.90 bits per heavy atom. The van der Waals surface area contributed by atoms with Crippen molar-refractivity contribution in [3.8, 4) is 11.3 Å². The minimum atomic E-state index is -1.82. The summed E-state index contributed by atoms with van der Waals surface area (Å²) in [6, 6.07) is 31.4. The molecule has 0 fully saturated rings. The third-order valence-corrected chi connectivity index (χ3v) is 6.45. The molecular weight excluding hydrogens is 671 g/mol. The quantitative estimate of drug-likeness (QED) is 0.193. The predicted octanol–water partition coefficient (Wildman–Crippen LogP) is 4.78. The van der Waals surface area contributed by atoms with E-state index in [9.17, 15) is 8.78 Å². The second kappa shape index (κ2) is 12.6. The Morgan fingerprint density at radius 1 is 0.744 bits per heavy atom. The molecule has 0 saturated carbocycles. The number of aromatic nitrogens is 5. The molecule has 1 radical (unpaired) electrons. The van der Waals surface area contributed by atoms with Gasteiger partial charge in [-0.2, -0.15) is 10.9 Å². The Labute approximate surface area is 239 Å². The molecule has 0 aliphatic heterocycles. The first-order chi connectivity index (χ1) is 18.6. The SMILES string of the molecule is Cn1ccn([B-](c2ccc(F)cc2)(c2ccc(F)cc2)n2cccn2)[cH+]1.[Ir].[c-]1ccccc1-c1ccccn1. The maximum absolute atomic E-state index is 13.6. The molecule has 5 nitrogen and oxygen atoms in total.